The third-order valence-corrected chi connectivity index (χ3v) is 3.23. The lowest BCUT2D eigenvalue weighted by atomic mass is 9.98. The Kier molecular flexibility index (Phi) is 3.05. The van der Waals surface area contributed by atoms with Gasteiger partial charge in [-0.2, -0.15) is 0 Å². The summed E-state index contributed by atoms with van der Waals surface area (Å²) >= 11 is 0. The van der Waals surface area contributed by atoms with Crippen molar-refractivity contribution in [3.05, 3.63) is 17.8 Å². The maximum absolute atomic E-state index is 11.9. The first-order chi connectivity index (χ1) is 8.84. The number of nitrogen functional groups attached to an aromatic ring is 1. The summed E-state index contributed by atoms with van der Waals surface area (Å²) in [4.78, 5) is 29.0. The van der Waals surface area contributed by atoms with Gasteiger partial charge in [0.05, 0.1) is 11.9 Å². The van der Waals surface area contributed by atoms with Crippen LogP contribution in [0.2, 0.25) is 0 Å². The zero-order chi connectivity index (χ0) is 14.2. The van der Waals surface area contributed by atoms with Crippen LogP contribution in [0.15, 0.2) is 12.3 Å². The molecule has 0 bridgehead atoms. The number of pyridine rings is 1. The molecule has 7 nitrogen and oxygen atoms in total. The number of rotatable bonds is 2. The first kappa shape index (κ1) is 13.1. The molecule has 1 aromatic rings. The van der Waals surface area contributed by atoms with Crippen LogP contribution in [0, 0.1) is 0 Å². The summed E-state index contributed by atoms with van der Waals surface area (Å²) in [5, 5.41) is 12.0. The Morgan fingerprint density at radius 3 is 2.89 bits per heavy atom. The molecule has 4 N–H and O–H groups in total. The zero-order valence-corrected chi connectivity index (χ0v) is 10.8. The number of hydrogen-bond acceptors (Lipinski definition) is 5. The van der Waals surface area contributed by atoms with Gasteiger partial charge in [-0.05, 0) is 19.9 Å². The predicted molar refractivity (Wildman–Crippen MR) is 70.0 cm³/mol. The average molecular weight is 264 g/mol. The summed E-state index contributed by atoms with van der Waals surface area (Å²) in [7, 11) is 0. The van der Waals surface area contributed by atoms with Crippen LogP contribution in [0.1, 0.15) is 24.2 Å². The molecule has 102 valence electrons. The van der Waals surface area contributed by atoms with E-state index in [1.807, 2.05) is 0 Å². The molecule has 0 unspecified atom stereocenters. The van der Waals surface area contributed by atoms with E-state index in [1.165, 1.54) is 12.3 Å². The van der Waals surface area contributed by atoms with Gasteiger partial charge in [0.25, 0.3) is 0 Å². The van der Waals surface area contributed by atoms with Gasteiger partial charge in [-0.15, -0.1) is 0 Å². The van der Waals surface area contributed by atoms with Gasteiger partial charge in [-0.3, -0.25) is 4.79 Å². The molecule has 2 heterocycles. The highest BCUT2D eigenvalue weighted by Crippen LogP contribution is 2.28. The SMILES string of the molecule is CC1(C)C(=O)NCCN1c1ncc(N)cc1C(=O)O. The monoisotopic (exact) mass is 264 g/mol. The Morgan fingerprint density at radius 2 is 2.26 bits per heavy atom. The maximum atomic E-state index is 11.9. The van der Waals surface area contributed by atoms with Crippen molar-refractivity contribution in [2.75, 3.05) is 23.7 Å². The molecule has 0 atom stereocenters. The molecule has 0 saturated carbocycles. The fourth-order valence-corrected chi connectivity index (χ4v) is 2.12. The van der Waals surface area contributed by atoms with Crippen molar-refractivity contribution >= 4 is 23.4 Å². The summed E-state index contributed by atoms with van der Waals surface area (Å²) in [6, 6.07) is 1.35. The third kappa shape index (κ3) is 2.18. The van der Waals surface area contributed by atoms with E-state index in [0.717, 1.165) is 0 Å². The highest BCUT2D eigenvalue weighted by Gasteiger charge is 2.39. The summed E-state index contributed by atoms with van der Waals surface area (Å²) in [6.07, 6.45) is 1.39. The minimum absolute atomic E-state index is 0.00257. The van der Waals surface area contributed by atoms with Crippen LogP contribution in [0.25, 0.3) is 0 Å². The molecule has 19 heavy (non-hydrogen) atoms. The molecule has 2 rings (SSSR count). The van der Waals surface area contributed by atoms with Crippen molar-refractivity contribution in [2.24, 2.45) is 0 Å². The molecule has 0 spiro atoms. The number of anilines is 2. The van der Waals surface area contributed by atoms with E-state index in [2.05, 4.69) is 10.3 Å². The molecular formula is C12H16N4O3. The van der Waals surface area contributed by atoms with E-state index < -0.39 is 11.5 Å². The van der Waals surface area contributed by atoms with Gasteiger partial charge < -0.3 is 21.1 Å². The van der Waals surface area contributed by atoms with Crippen LogP contribution in [0.5, 0.6) is 0 Å². The first-order valence-corrected chi connectivity index (χ1v) is 5.89. The van der Waals surface area contributed by atoms with Crippen LogP contribution in [-0.2, 0) is 4.79 Å². The van der Waals surface area contributed by atoms with Crippen LogP contribution in [0.3, 0.4) is 0 Å². The number of carbonyl (C=O) groups excluding carboxylic acids is 1. The van der Waals surface area contributed by atoms with Crippen molar-refractivity contribution < 1.29 is 14.7 Å². The van der Waals surface area contributed by atoms with Gasteiger partial charge >= 0.3 is 5.97 Å². The molecule has 1 aliphatic rings. The fourth-order valence-electron chi connectivity index (χ4n) is 2.12. The number of nitrogens with zero attached hydrogens (tertiary/aromatic N) is 2. The van der Waals surface area contributed by atoms with Gasteiger partial charge in [-0.25, -0.2) is 9.78 Å². The van der Waals surface area contributed by atoms with E-state index in [0.29, 0.717) is 13.1 Å². The minimum Gasteiger partial charge on any atom is -0.478 e. The number of nitrogens with two attached hydrogens (primary N) is 1. The predicted octanol–water partition coefficient (Wildman–Crippen LogP) is 0.0768. The average Bonchev–Trinajstić information content (AvgIpc) is 2.33. The third-order valence-electron chi connectivity index (χ3n) is 3.23. The molecule has 1 amide bonds. The van der Waals surface area contributed by atoms with Crippen LogP contribution < -0.4 is 16.0 Å². The van der Waals surface area contributed by atoms with E-state index in [1.54, 1.807) is 18.7 Å². The second-order valence-electron chi connectivity index (χ2n) is 4.91. The number of carboxylic acids is 1. The van der Waals surface area contributed by atoms with Gasteiger partial charge in [-0.1, -0.05) is 0 Å². The summed E-state index contributed by atoms with van der Waals surface area (Å²) < 4.78 is 0. The lowest BCUT2D eigenvalue weighted by Crippen LogP contribution is -2.62. The van der Waals surface area contributed by atoms with E-state index in [9.17, 15) is 14.7 Å². The molecule has 1 aliphatic heterocycles. The molecular weight excluding hydrogens is 248 g/mol. The molecule has 7 heteroatoms. The Labute approximate surface area is 110 Å². The molecule has 1 saturated heterocycles. The number of carboxylic acid groups (broad SMARTS) is 1. The van der Waals surface area contributed by atoms with Gasteiger partial charge in [0.15, 0.2) is 0 Å². The number of piperazine rings is 1. The zero-order valence-electron chi connectivity index (χ0n) is 10.8. The Hall–Kier alpha value is -2.31. The largest absolute Gasteiger partial charge is 0.478 e. The second-order valence-corrected chi connectivity index (χ2v) is 4.91. The van der Waals surface area contributed by atoms with Crippen LogP contribution >= 0.6 is 0 Å². The van der Waals surface area contributed by atoms with Gasteiger partial charge in [0.2, 0.25) is 5.91 Å². The number of nitrogens with one attached hydrogen (secondary N) is 1. The highest BCUT2D eigenvalue weighted by atomic mass is 16.4. The smallest absolute Gasteiger partial charge is 0.339 e. The van der Waals surface area contributed by atoms with Crippen LogP contribution in [-0.4, -0.2) is 40.6 Å². The Balaban J connectivity index is 2.52. The van der Waals surface area contributed by atoms with Crippen LogP contribution in [0.4, 0.5) is 11.5 Å². The lowest BCUT2D eigenvalue weighted by molar-refractivity contribution is -0.126. The molecule has 0 aromatic carbocycles. The second kappa shape index (κ2) is 4.42. The Bertz CT molecular complexity index is 542. The number of carbonyl (C=O) groups is 2. The van der Waals surface area contributed by atoms with Crippen molar-refractivity contribution in [1.82, 2.24) is 10.3 Å². The molecule has 0 radical (unpaired) electrons. The maximum Gasteiger partial charge on any atom is 0.339 e. The topological polar surface area (TPSA) is 109 Å². The molecule has 0 aliphatic carbocycles. The Morgan fingerprint density at radius 1 is 1.58 bits per heavy atom. The first-order valence-electron chi connectivity index (χ1n) is 5.89. The van der Waals surface area contributed by atoms with E-state index in [-0.39, 0.29) is 23.0 Å². The number of aromatic carboxylic acids is 1. The minimum atomic E-state index is -1.11. The number of amides is 1. The quantitative estimate of drug-likeness (QED) is 0.698. The normalized spacial score (nSPS) is 18.0. The van der Waals surface area contributed by atoms with Crippen molar-refractivity contribution in [3.63, 3.8) is 0 Å². The molecule has 1 fully saturated rings. The molecule has 1 aromatic heterocycles. The van der Waals surface area contributed by atoms with E-state index >= 15 is 0 Å². The number of aromatic nitrogens is 1. The summed E-state index contributed by atoms with van der Waals surface area (Å²) in [5.41, 5.74) is 4.99. The van der Waals surface area contributed by atoms with E-state index in [4.69, 9.17) is 5.73 Å². The fraction of sp³-hybridized carbons (Fsp3) is 0.417. The van der Waals surface area contributed by atoms with Crippen molar-refractivity contribution in [2.45, 2.75) is 19.4 Å². The number of hydrogen-bond donors (Lipinski definition) is 3. The van der Waals surface area contributed by atoms with Gasteiger partial charge in [0, 0.05) is 13.1 Å². The summed E-state index contributed by atoms with van der Waals surface area (Å²) in [5.74, 6) is -1.01. The standard InChI is InChI=1S/C12H16N4O3/c1-12(2)11(19)14-3-4-16(12)9-8(10(17)18)5-7(13)6-15-9/h5-6H,3-4,13H2,1-2H3,(H,14,19)(H,17,18). The highest BCUT2D eigenvalue weighted by molar-refractivity contribution is 5.97. The van der Waals surface area contributed by atoms with Gasteiger partial charge in [0.1, 0.15) is 16.9 Å². The van der Waals surface area contributed by atoms with Crippen molar-refractivity contribution in [3.8, 4) is 0 Å². The lowest BCUT2D eigenvalue weighted by Gasteiger charge is -2.42. The van der Waals surface area contributed by atoms with Crippen molar-refractivity contribution in [1.29, 1.82) is 0 Å². The summed E-state index contributed by atoms with van der Waals surface area (Å²) in [6.45, 7) is 4.40.